The van der Waals surface area contributed by atoms with E-state index in [2.05, 4.69) is 17.2 Å². The van der Waals surface area contributed by atoms with E-state index in [1.165, 1.54) is 11.8 Å². The van der Waals surface area contributed by atoms with Crippen molar-refractivity contribution in [2.24, 2.45) is 0 Å². The lowest BCUT2D eigenvalue weighted by Crippen LogP contribution is -2.24. The molecule has 8 heteroatoms. The van der Waals surface area contributed by atoms with Crippen molar-refractivity contribution in [2.45, 2.75) is 31.5 Å². The first kappa shape index (κ1) is 22.7. The van der Waals surface area contributed by atoms with Crippen molar-refractivity contribution in [3.8, 4) is 16.9 Å². The Morgan fingerprint density at radius 2 is 1.91 bits per heavy atom. The first-order valence-electron chi connectivity index (χ1n) is 10.9. The second-order valence-electron chi connectivity index (χ2n) is 7.53. The van der Waals surface area contributed by atoms with Gasteiger partial charge in [-0.25, -0.2) is 4.98 Å². The number of para-hydroxylation sites is 2. The molecule has 0 atom stereocenters. The smallest absolute Gasteiger partial charge is 0.278 e. The topological polar surface area (TPSA) is 89.0 Å². The minimum absolute atomic E-state index is 0.118. The first-order valence-corrected chi connectivity index (χ1v) is 11.8. The van der Waals surface area contributed by atoms with Crippen LogP contribution in [0.2, 0.25) is 0 Å². The molecular weight excluding hydrogens is 436 g/mol. The number of unbranched alkanes of at least 4 members (excludes halogenated alkanes) is 1. The van der Waals surface area contributed by atoms with Gasteiger partial charge in [0.2, 0.25) is 5.91 Å². The van der Waals surface area contributed by atoms with Crippen molar-refractivity contribution < 1.29 is 9.53 Å². The van der Waals surface area contributed by atoms with Gasteiger partial charge >= 0.3 is 0 Å². The Morgan fingerprint density at radius 1 is 1.15 bits per heavy atom. The number of ether oxygens (including phenoxy) is 1. The molecule has 2 N–H and O–H groups in total. The van der Waals surface area contributed by atoms with Gasteiger partial charge in [-0.1, -0.05) is 67.6 Å². The van der Waals surface area contributed by atoms with Crippen LogP contribution in [-0.4, -0.2) is 33.3 Å². The van der Waals surface area contributed by atoms with Crippen LogP contribution in [0, 0.1) is 0 Å². The molecule has 0 saturated carbocycles. The number of anilines is 1. The van der Waals surface area contributed by atoms with Crippen LogP contribution in [0.4, 0.5) is 5.69 Å². The molecule has 1 amide bonds. The molecule has 2 aromatic carbocycles. The molecule has 2 heterocycles. The van der Waals surface area contributed by atoms with E-state index >= 15 is 0 Å². The van der Waals surface area contributed by atoms with Crippen molar-refractivity contribution >= 4 is 34.4 Å². The van der Waals surface area contributed by atoms with Crippen LogP contribution in [0.3, 0.4) is 0 Å². The van der Waals surface area contributed by atoms with Crippen molar-refractivity contribution in [1.82, 2.24) is 14.5 Å². The second-order valence-corrected chi connectivity index (χ2v) is 8.48. The summed E-state index contributed by atoms with van der Waals surface area (Å²) in [5, 5.41) is 3.41. The van der Waals surface area contributed by atoms with Gasteiger partial charge in [0.25, 0.3) is 5.56 Å². The van der Waals surface area contributed by atoms with E-state index in [1.54, 1.807) is 23.8 Å². The number of thioether (sulfide) groups is 1. The lowest BCUT2D eigenvalue weighted by Gasteiger charge is -2.13. The van der Waals surface area contributed by atoms with Crippen LogP contribution in [-0.2, 0) is 11.3 Å². The summed E-state index contributed by atoms with van der Waals surface area (Å²) < 4.78 is 6.96. The SMILES string of the molecule is CCCCn1c(SCC(=O)Nc2ccccc2OC)nc2c(-c3ccccc3)c[nH]c2c1=O. The van der Waals surface area contributed by atoms with Crippen LogP contribution in [0.5, 0.6) is 5.75 Å². The van der Waals surface area contributed by atoms with Crippen molar-refractivity contribution in [3.63, 3.8) is 0 Å². The molecule has 170 valence electrons. The Morgan fingerprint density at radius 3 is 2.67 bits per heavy atom. The predicted molar refractivity (Wildman–Crippen MR) is 133 cm³/mol. The Hall–Kier alpha value is -3.52. The number of hydrogen-bond acceptors (Lipinski definition) is 5. The Bertz CT molecular complexity index is 1310. The van der Waals surface area contributed by atoms with E-state index in [-0.39, 0.29) is 17.2 Å². The van der Waals surface area contributed by atoms with Gasteiger partial charge in [0.05, 0.1) is 18.6 Å². The summed E-state index contributed by atoms with van der Waals surface area (Å²) in [5.41, 5.74) is 3.43. The standard InChI is InChI=1S/C25H26N4O3S/c1-3-4-14-29-24(31)23-22(18(15-26-23)17-10-6-5-7-11-17)28-25(29)33-16-21(30)27-19-12-8-9-13-20(19)32-2/h5-13,15,26H,3-4,14,16H2,1-2H3,(H,27,30). The number of fused-ring (bicyclic) bond motifs is 1. The van der Waals surface area contributed by atoms with Crippen molar-refractivity contribution in [3.05, 3.63) is 71.1 Å². The van der Waals surface area contributed by atoms with Crippen LogP contribution in [0.15, 0.2) is 70.7 Å². The monoisotopic (exact) mass is 462 g/mol. The summed E-state index contributed by atoms with van der Waals surface area (Å²) in [6.45, 7) is 2.63. The lowest BCUT2D eigenvalue weighted by atomic mass is 10.1. The van der Waals surface area contributed by atoms with Crippen molar-refractivity contribution in [1.29, 1.82) is 0 Å². The number of nitrogens with zero attached hydrogens (tertiary/aromatic N) is 2. The Balaban J connectivity index is 1.64. The number of methoxy groups -OCH3 is 1. The molecule has 0 aliphatic rings. The van der Waals surface area contributed by atoms with E-state index in [1.807, 2.05) is 48.7 Å². The highest BCUT2D eigenvalue weighted by atomic mass is 32.2. The third-order valence-corrected chi connectivity index (χ3v) is 6.26. The van der Waals surface area contributed by atoms with Gasteiger partial charge in [0.15, 0.2) is 5.16 Å². The molecule has 0 bridgehead atoms. The number of nitrogens with one attached hydrogen (secondary N) is 2. The zero-order chi connectivity index (χ0) is 23.2. The number of aromatic amines is 1. The van der Waals surface area contributed by atoms with Gasteiger partial charge in [-0.15, -0.1) is 0 Å². The maximum absolute atomic E-state index is 13.3. The highest BCUT2D eigenvalue weighted by Gasteiger charge is 2.18. The van der Waals surface area contributed by atoms with E-state index in [9.17, 15) is 9.59 Å². The largest absolute Gasteiger partial charge is 0.495 e. The van der Waals surface area contributed by atoms with Gasteiger partial charge in [0, 0.05) is 18.3 Å². The highest BCUT2D eigenvalue weighted by Crippen LogP contribution is 2.28. The zero-order valence-electron chi connectivity index (χ0n) is 18.6. The van der Waals surface area contributed by atoms with Gasteiger partial charge in [-0.3, -0.25) is 14.2 Å². The number of rotatable bonds is 9. The van der Waals surface area contributed by atoms with E-state index < -0.39 is 0 Å². The van der Waals surface area contributed by atoms with Gasteiger partial charge in [-0.2, -0.15) is 0 Å². The highest BCUT2D eigenvalue weighted by molar-refractivity contribution is 7.99. The number of benzene rings is 2. The third-order valence-electron chi connectivity index (χ3n) is 5.28. The van der Waals surface area contributed by atoms with Gasteiger partial charge in [-0.05, 0) is 24.1 Å². The molecular formula is C25H26N4O3S. The minimum Gasteiger partial charge on any atom is -0.495 e. The molecule has 0 aliphatic carbocycles. The number of hydrogen-bond donors (Lipinski definition) is 2. The average molecular weight is 463 g/mol. The van der Waals surface area contributed by atoms with E-state index in [4.69, 9.17) is 9.72 Å². The summed E-state index contributed by atoms with van der Waals surface area (Å²) >= 11 is 1.26. The average Bonchev–Trinajstić information content (AvgIpc) is 3.27. The maximum atomic E-state index is 13.3. The molecule has 4 rings (SSSR count). The van der Waals surface area contributed by atoms with Crippen LogP contribution < -0.4 is 15.6 Å². The van der Waals surface area contributed by atoms with Crippen LogP contribution in [0.25, 0.3) is 22.2 Å². The molecule has 33 heavy (non-hydrogen) atoms. The normalized spacial score (nSPS) is 11.0. The fourth-order valence-electron chi connectivity index (χ4n) is 3.60. The maximum Gasteiger partial charge on any atom is 0.278 e. The number of carbonyl (C=O) groups excluding carboxylic acids is 1. The lowest BCUT2D eigenvalue weighted by molar-refractivity contribution is -0.113. The zero-order valence-corrected chi connectivity index (χ0v) is 19.4. The fourth-order valence-corrected chi connectivity index (χ4v) is 4.42. The summed E-state index contributed by atoms with van der Waals surface area (Å²) in [6, 6.07) is 17.1. The van der Waals surface area contributed by atoms with Gasteiger partial charge < -0.3 is 15.0 Å². The number of amides is 1. The minimum atomic E-state index is -0.196. The number of carbonyl (C=O) groups is 1. The summed E-state index contributed by atoms with van der Waals surface area (Å²) in [4.78, 5) is 33.9. The number of aromatic nitrogens is 3. The molecule has 2 aromatic heterocycles. The van der Waals surface area contributed by atoms with Crippen LogP contribution >= 0.6 is 11.8 Å². The molecule has 7 nitrogen and oxygen atoms in total. The molecule has 0 fully saturated rings. The van der Waals surface area contributed by atoms with Crippen LogP contribution in [0.1, 0.15) is 19.8 Å². The number of H-pyrrole nitrogens is 1. The molecule has 0 radical (unpaired) electrons. The first-order chi connectivity index (χ1) is 16.1. The van der Waals surface area contributed by atoms with Crippen molar-refractivity contribution in [2.75, 3.05) is 18.2 Å². The van der Waals surface area contributed by atoms with Gasteiger partial charge in [0.1, 0.15) is 16.8 Å². The molecule has 0 spiro atoms. The van der Waals surface area contributed by atoms with E-state index in [0.29, 0.717) is 34.2 Å². The summed E-state index contributed by atoms with van der Waals surface area (Å²) in [5.74, 6) is 0.515. The van der Waals surface area contributed by atoms with E-state index in [0.717, 1.165) is 24.0 Å². The molecule has 0 saturated heterocycles. The Kier molecular flexibility index (Phi) is 7.14. The summed E-state index contributed by atoms with van der Waals surface area (Å²) in [6.07, 6.45) is 3.62. The molecule has 0 aliphatic heterocycles. The Labute approximate surface area is 196 Å². The second kappa shape index (κ2) is 10.4. The summed E-state index contributed by atoms with van der Waals surface area (Å²) in [7, 11) is 1.56. The quantitative estimate of drug-likeness (QED) is 0.272. The molecule has 4 aromatic rings. The third kappa shape index (κ3) is 4.96. The molecule has 0 unspecified atom stereocenters. The predicted octanol–water partition coefficient (Wildman–Crippen LogP) is 4.93. The fraction of sp³-hybridized carbons (Fsp3) is 0.240.